The van der Waals surface area contributed by atoms with Crippen LogP contribution in [0.1, 0.15) is 24.0 Å². The number of halogens is 1. The van der Waals surface area contributed by atoms with Gasteiger partial charge in [-0.1, -0.05) is 6.07 Å². The number of hydrazone groups is 1. The topological polar surface area (TPSA) is 67.5 Å². The predicted octanol–water partition coefficient (Wildman–Crippen LogP) is 1.48. The molecule has 3 N–H and O–H groups in total. The number of benzene rings is 1. The van der Waals surface area contributed by atoms with Crippen LogP contribution in [-0.2, 0) is 11.2 Å². The molecule has 3 rings (SSSR count). The Kier molecular flexibility index (Phi) is 3.07. The average molecular weight is 252 g/mol. The van der Waals surface area contributed by atoms with Crippen LogP contribution in [0.5, 0.6) is 0 Å². The van der Waals surface area contributed by atoms with E-state index in [0.717, 1.165) is 29.8 Å². The molecule has 17 heavy (non-hydrogen) atoms. The fourth-order valence-corrected chi connectivity index (χ4v) is 2.50. The summed E-state index contributed by atoms with van der Waals surface area (Å²) in [5, 5.41) is 4.18. The minimum absolute atomic E-state index is 0. The molecule has 1 aliphatic heterocycles. The SMILES string of the molecule is Cl.Nc1ccc2c(c1)CCC1CC(=O)NN=C21. The lowest BCUT2D eigenvalue weighted by molar-refractivity contribution is -0.122. The Morgan fingerprint density at radius 3 is 3.06 bits per heavy atom. The van der Waals surface area contributed by atoms with Crippen molar-refractivity contribution in [1.82, 2.24) is 5.43 Å². The summed E-state index contributed by atoms with van der Waals surface area (Å²) < 4.78 is 0. The fraction of sp³-hybridized carbons (Fsp3) is 0.333. The summed E-state index contributed by atoms with van der Waals surface area (Å²) in [6.07, 6.45) is 2.53. The van der Waals surface area contributed by atoms with E-state index in [1.165, 1.54) is 5.56 Å². The number of fused-ring (bicyclic) bond motifs is 3. The molecule has 0 fully saturated rings. The van der Waals surface area contributed by atoms with E-state index in [-0.39, 0.29) is 24.2 Å². The number of nitrogens with one attached hydrogen (secondary N) is 1. The molecule has 4 nitrogen and oxygen atoms in total. The van der Waals surface area contributed by atoms with E-state index in [1.807, 2.05) is 18.2 Å². The maximum Gasteiger partial charge on any atom is 0.240 e. The van der Waals surface area contributed by atoms with Gasteiger partial charge in [0.15, 0.2) is 0 Å². The maximum absolute atomic E-state index is 11.2. The van der Waals surface area contributed by atoms with Gasteiger partial charge in [0.2, 0.25) is 5.91 Å². The molecule has 0 radical (unpaired) electrons. The van der Waals surface area contributed by atoms with Crippen molar-refractivity contribution in [2.75, 3.05) is 5.73 Å². The van der Waals surface area contributed by atoms with E-state index in [2.05, 4.69) is 10.5 Å². The van der Waals surface area contributed by atoms with Gasteiger partial charge in [0.25, 0.3) is 0 Å². The number of anilines is 1. The predicted molar refractivity (Wildman–Crippen MR) is 69.2 cm³/mol. The molecule has 1 amide bonds. The second-order valence-corrected chi connectivity index (χ2v) is 4.39. The molecule has 1 atom stereocenters. The zero-order chi connectivity index (χ0) is 11.1. The Balaban J connectivity index is 0.00000108. The minimum atomic E-state index is 0. The Bertz CT molecular complexity index is 499. The van der Waals surface area contributed by atoms with Crippen molar-refractivity contribution in [2.24, 2.45) is 11.0 Å². The molecule has 1 aromatic rings. The van der Waals surface area contributed by atoms with Crippen LogP contribution in [0.2, 0.25) is 0 Å². The number of nitrogens with zero attached hydrogens (tertiary/aromatic N) is 1. The van der Waals surface area contributed by atoms with Crippen molar-refractivity contribution < 1.29 is 4.79 Å². The van der Waals surface area contributed by atoms with Crippen LogP contribution < -0.4 is 11.2 Å². The zero-order valence-corrected chi connectivity index (χ0v) is 10.1. The van der Waals surface area contributed by atoms with Gasteiger partial charge in [0.1, 0.15) is 0 Å². The van der Waals surface area contributed by atoms with E-state index in [1.54, 1.807) is 0 Å². The van der Waals surface area contributed by atoms with Gasteiger partial charge in [-0.05, 0) is 30.5 Å². The monoisotopic (exact) mass is 251 g/mol. The van der Waals surface area contributed by atoms with Crippen molar-refractivity contribution in [3.63, 3.8) is 0 Å². The number of carbonyl (C=O) groups is 1. The fourth-order valence-electron chi connectivity index (χ4n) is 2.50. The van der Waals surface area contributed by atoms with E-state index >= 15 is 0 Å². The number of hydrogen-bond donors (Lipinski definition) is 2. The number of nitrogens with two attached hydrogens (primary N) is 1. The van der Waals surface area contributed by atoms with Crippen molar-refractivity contribution in [2.45, 2.75) is 19.3 Å². The lowest BCUT2D eigenvalue weighted by atomic mass is 9.79. The van der Waals surface area contributed by atoms with Gasteiger partial charge in [0.05, 0.1) is 5.71 Å². The van der Waals surface area contributed by atoms with Crippen molar-refractivity contribution in [3.8, 4) is 0 Å². The first-order valence-corrected chi connectivity index (χ1v) is 5.49. The lowest BCUT2D eigenvalue weighted by Crippen LogP contribution is -2.36. The molecule has 1 heterocycles. The molecule has 0 saturated heterocycles. The first kappa shape index (κ1) is 11.9. The van der Waals surface area contributed by atoms with E-state index < -0.39 is 0 Å². The first-order valence-electron chi connectivity index (χ1n) is 5.49. The number of rotatable bonds is 0. The Labute approximate surface area is 106 Å². The number of aryl methyl sites for hydroxylation is 1. The summed E-state index contributed by atoms with van der Waals surface area (Å²) in [4.78, 5) is 11.2. The average Bonchev–Trinajstić information content (AvgIpc) is 2.28. The standard InChI is InChI=1S/C12H13N3O.ClH/c13-9-3-4-10-7(5-9)1-2-8-6-11(16)14-15-12(8)10;/h3-5,8H,1-2,6,13H2,(H,14,16);1H. The summed E-state index contributed by atoms with van der Waals surface area (Å²) in [5.41, 5.74) is 12.5. The molecular formula is C12H14ClN3O. The number of hydrogen-bond acceptors (Lipinski definition) is 3. The third-order valence-electron chi connectivity index (χ3n) is 3.29. The first-order chi connectivity index (χ1) is 7.74. The van der Waals surface area contributed by atoms with Crippen LogP contribution in [0.25, 0.3) is 0 Å². The Morgan fingerprint density at radius 1 is 1.41 bits per heavy atom. The van der Waals surface area contributed by atoms with Gasteiger partial charge in [-0.3, -0.25) is 4.79 Å². The van der Waals surface area contributed by atoms with Gasteiger partial charge in [-0.2, -0.15) is 5.10 Å². The molecule has 0 aromatic heterocycles. The summed E-state index contributed by atoms with van der Waals surface area (Å²) >= 11 is 0. The molecule has 2 aliphatic rings. The molecular weight excluding hydrogens is 238 g/mol. The number of nitrogen functional groups attached to an aromatic ring is 1. The second kappa shape index (κ2) is 4.37. The molecule has 5 heteroatoms. The van der Waals surface area contributed by atoms with Crippen LogP contribution in [0.4, 0.5) is 5.69 Å². The highest BCUT2D eigenvalue weighted by molar-refractivity contribution is 6.07. The molecule has 0 saturated carbocycles. The summed E-state index contributed by atoms with van der Waals surface area (Å²) in [6, 6.07) is 5.90. The molecule has 90 valence electrons. The van der Waals surface area contributed by atoms with E-state index in [9.17, 15) is 4.79 Å². The number of amides is 1. The van der Waals surface area contributed by atoms with Crippen molar-refractivity contribution in [3.05, 3.63) is 29.3 Å². The largest absolute Gasteiger partial charge is 0.399 e. The van der Waals surface area contributed by atoms with Gasteiger partial charge in [0, 0.05) is 23.6 Å². The highest BCUT2D eigenvalue weighted by Gasteiger charge is 2.30. The summed E-state index contributed by atoms with van der Waals surface area (Å²) in [5.74, 6) is 0.303. The van der Waals surface area contributed by atoms with Crippen LogP contribution >= 0.6 is 12.4 Å². The van der Waals surface area contributed by atoms with E-state index in [0.29, 0.717) is 6.42 Å². The van der Waals surface area contributed by atoms with Gasteiger partial charge in [-0.15, -0.1) is 12.4 Å². The molecule has 1 aliphatic carbocycles. The normalized spacial score (nSPS) is 21.5. The molecule has 1 unspecified atom stereocenters. The quantitative estimate of drug-likeness (QED) is 0.686. The third-order valence-corrected chi connectivity index (χ3v) is 3.29. The van der Waals surface area contributed by atoms with Crippen molar-refractivity contribution >= 4 is 29.7 Å². The highest BCUT2D eigenvalue weighted by Crippen LogP contribution is 2.30. The Morgan fingerprint density at radius 2 is 2.24 bits per heavy atom. The van der Waals surface area contributed by atoms with Gasteiger partial charge < -0.3 is 5.73 Å². The maximum atomic E-state index is 11.2. The van der Waals surface area contributed by atoms with Crippen LogP contribution in [0, 0.1) is 5.92 Å². The summed E-state index contributed by atoms with van der Waals surface area (Å²) in [7, 11) is 0. The van der Waals surface area contributed by atoms with Gasteiger partial charge in [-0.25, -0.2) is 5.43 Å². The smallest absolute Gasteiger partial charge is 0.240 e. The molecule has 1 aromatic carbocycles. The third kappa shape index (κ3) is 2.00. The van der Waals surface area contributed by atoms with E-state index in [4.69, 9.17) is 5.73 Å². The molecule has 0 bridgehead atoms. The van der Waals surface area contributed by atoms with Crippen LogP contribution in [-0.4, -0.2) is 11.6 Å². The zero-order valence-electron chi connectivity index (χ0n) is 9.27. The Hall–Kier alpha value is -1.55. The molecule has 0 spiro atoms. The minimum Gasteiger partial charge on any atom is -0.399 e. The lowest BCUT2D eigenvalue weighted by Gasteiger charge is -2.28. The summed E-state index contributed by atoms with van der Waals surface area (Å²) in [6.45, 7) is 0. The second-order valence-electron chi connectivity index (χ2n) is 4.39. The van der Waals surface area contributed by atoms with Crippen LogP contribution in [0.3, 0.4) is 0 Å². The highest BCUT2D eigenvalue weighted by atomic mass is 35.5. The number of carbonyl (C=O) groups excluding carboxylic acids is 1. The van der Waals surface area contributed by atoms with Gasteiger partial charge >= 0.3 is 0 Å². The van der Waals surface area contributed by atoms with Crippen LogP contribution in [0.15, 0.2) is 23.3 Å². The van der Waals surface area contributed by atoms with Crippen molar-refractivity contribution in [1.29, 1.82) is 0 Å².